The number of carbonyl (C=O) groups is 1. The zero-order chi connectivity index (χ0) is 16.2. The van der Waals surface area contributed by atoms with Crippen molar-refractivity contribution in [1.82, 2.24) is 20.0 Å². The molecule has 1 aliphatic heterocycles. The molecule has 0 saturated heterocycles. The van der Waals surface area contributed by atoms with Crippen molar-refractivity contribution in [3.63, 3.8) is 0 Å². The van der Waals surface area contributed by atoms with Crippen LogP contribution in [0.2, 0.25) is 0 Å². The molecule has 0 aliphatic carbocycles. The second kappa shape index (κ2) is 6.73. The number of hydrogen-bond donors (Lipinski definition) is 1. The summed E-state index contributed by atoms with van der Waals surface area (Å²) < 4.78 is 7.65. The van der Waals surface area contributed by atoms with E-state index in [9.17, 15) is 4.79 Å². The first-order valence-corrected chi connectivity index (χ1v) is 7.87. The summed E-state index contributed by atoms with van der Waals surface area (Å²) in [6, 6.07) is 9.77. The smallest absolute Gasteiger partial charge is 0.317 e. The molecule has 3 rings (SSSR count). The molecular formula is C17H22N4O2. The molecule has 6 heteroatoms. The number of aromatic nitrogens is 2. The summed E-state index contributed by atoms with van der Waals surface area (Å²) in [5.74, 6) is 0.865. The molecule has 0 spiro atoms. The van der Waals surface area contributed by atoms with Crippen LogP contribution in [0.4, 0.5) is 4.79 Å². The molecule has 23 heavy (non-hydrogen) atoms. The van der Waals surface area contributed by atoms with Gasteiger partial charge in [-0.2, -0.15) is 5.10 Å². The van der Waals surface area contributed by atoms with Gasteiger partial charge in [-0.05, 0) is 19.1 Å². The molecule has 0 radical (unpaired) electrons. The molecule has 1 aromatic carbocycles. The molecule has 2 aromatic rings. The van der Waals surface area contributed by atoms with Crippen molar-refractivity contribution in [2.24, 2.45) is 7.05 Å². The van der Waals surface area contributed by atoms with Crippen LogP contribution in [0.25, 0.3) is 0 Å². The summed E-state index contributed by atoms with van der Waals surface area (Å²) >= 11 is 0. The summed E-state index contributed by atoms with van der Waals surface area (Å²) in [4.78, 5) is 14.2. The van der Waals surface area contributed by atoms with E-state index in [2.05, 4.69) is 10.4 Å². The summed E-state index contributed by atoms with van der Waals surface area (Å²) in [6.45, 7) is 3.69. The van der Waals surface area contributed by atoms with Crippen LogP contribution in [0.3, 0.4) is 0 Å². The maximum Gasteiger partial charge on any atom is 0.317 e. The minimum absolute atomic E-state index is 0.0276. The fraction of sp³-hybridized carbons (Fsp3) is 0.412. The van der Waals surface area contributed by atoms with Crippen molar-refractivity contribution in [1.29, 1.82) is 0 Å². The molecule has 1 aromatic heterocycles. The number of nitrogens with zero attached hydrogens (tertiary/aromatic N) is 3. The number of hydrogen-bond acceptors (Lipinski definition) is 3. The summed E-state index contributed by atoms with van der Waals surface area (Å²) in [6.07, 6.45) is 2.60. The Labute approximate surface area is 136 Å². The first-order chi connectivity index (χ1) is 11.1. The van der Waals surface area contributed by atoms with E-state index in [0.717, 1.165) is 23.4 Å². The maximum absolute atomic E-state index is 12.4. The largest absolute Gasteiger partial charge is 0.489 e. The molecule has 0 fully saturated rings. The molecule has 6 nitrogen and oxygen atoms in total. The van der Waals surface area contributed by atoms with Gasteiger partial charge in [0.25, 0.3) is 0 Å². The third-order valence-corrected chi connectivity index (χ3v) is 3.85. The highest BCUT2D eigenvalue weighted by atomic mass is 16.5. The Morgan fingerprint density at radius 3 is 3.00 bits per heavy atom. The highest BCUT2D eigenvalue weighted by molar-refractivity contribution is 5.74. The first kappa shape index (κ1) is 15.4. The van der Waals surface area contributed by atoms with Crippen molar-refractivity contribution in [2.45, 2.75) is 26.0 Å². The summed E-state index contributed by atoms with van der Waals surface area (Å²) in [5.41, 5.74) is 2.02. The van der Waals surface area contributed by atoms with Crippen LogP contribution in [0, 0.1) is 0 Å². The molecule has 1 N–H and O–H groups in total. The van der Waals surface area contributed by atoms with E-state index in [-0.39, 0.29) is 12.1 Å². The fourth-order valence-corrected chi connectivity index (χ4v) is 2.74. The Kier molecular flexibility index (Phi) is 4.50. The number of aryl methyl sites for hydroxylation is 1. The molecule has 0 bridgehead atoms. The lowest BCUT2D eigenvalue weighted by molar-refractivity contribution is 0.158. The zero-order valence-electron chi connectivity index (χ0n) is 13.5. The van der Waals surface area contributed by atoms with Crippen molar-refractivity contribution >= 4 is 6.03 Å². The SMILES string of the molecule is CC1CN(C(=O)NCCc2ccn(C)n2)Cc2ccccc2O1. The quantitative estimate of drug-likeness (QED) is 0.942. The van der Waals surface area contributed by atoms with E-state index >= 15 is 0 Å². The number of rotatable bonds is 3. The Bertz CT molecular complexity index is 683. The average molecular weight is 314 g/mol. The molecular weight excluding hydrogens is 292 g/mol. The van der Waals surface area contributed by atoms with Gasteiger partial charge in [-0.3, -0.25) is 4.68 Å². The van der Waals surface area contributed by atoms with Gasteiger partial charge in [0.1, 0.15) is 11.9 Å². The third kappa shape index (κ3) is 3.83. The van der Waals surface area contributed by atoms with Crippen LogP contribution in [0.15, 0.2) is 36.5 Å². The van der Waals surface area contributed by atoms with Gasteiger partial charge in [0.2, 0.25) is 0 Å². The number of carbonyl (C=O) groups excluding carboxylic acids is 1. The lowest BCUT2D eigenvalue weighted by atomic mass is 10.2. The van der Waals surface area contributed by atoms with E-state index < -0.39 is 0 Å². The van der Waals surface area contributed by atoms with Crippen LogP contribution >= 0.6 is 0 Å². The lowest BCUT2D eigenvalue weighted by Gasteiger charge is -2.22. The Balaban J connectivity index is 1.58. The van der Waals surface area contributed by atoms with Gasteiger partial charge in [0, 0.05) is 31.8 Å². The summed E-state index contributed by atoms with van der Waals surface area (Å²) in [7, 11) is 1.89. The molecule has 1 unspecified atom stereocenters. The number of nitrogens with one attached hydrogen (secondary N) is 1. The van der Waals surface area contributed by atoms with Crippen LogP contribution in [-0.2, 0) is 20.0 Å². The number of ether oxygens (including phenoxy) is 1. The normalized spacial score (nSPS) is 17.1. The minimum Gasteiger partial charge on any atom is -0.489 e. The van der Waals surface area contributed by atoms with Gasteiger partial charge < -0.3 is 15.0 Å². The fourth-order valence-electron chi connectivity index (χ4n) is 2.74. The van der Waals surface area contributed by atoms with Crippen molar-refractivity contribution in [3.8, 4) is 5.75 Å². The monoisotopic (exact) mass is 314 g/mol. The van der Waals surface area contributed by atoms with Crippen LogP contribution in [0.5, 0.6) is 5.75 Å². The van der Waals surface area contributed by atoms with Crippen LogP contribution < -0.4 is 10.1 Å². The molecule has 122 valence electrons. The number of amides is 2. The van der Waals surface area contributed by atoms with E-state index in [4.69, 9.17) is 4.74 Å². The third-order valence-electron chi connectivity index (χ3n) is 3.85. The van der Waals surface area contributed by atoms with E-state index in [1.165, 1.54) is 0 Å². The number of urea groups is 1. The highest BCUT2D eigenvalue weighted by Crippen LogP contribution is 2.24. The standard InChI is InChI=1S/C17H22N4O2/c1-13-11-21(12-14-5-3-4-6-16(14)23-13)17(22)18-9-7-15-8-10-20(2)19-15/h3-6,8,10,13H,7,9,11-12H2,1-2H3,(H,18,22). The Hall–Kier alpha value is -2.50. The molecule has 2 amide bonds. The number of para-hydroxylation sites is 1. The predicted octanol–water partition coefficient (Wildman–Crippen LogP) is 1.96. The van der Waals surface area contributed by atoms with Gasteiger partial charge in [0.15, 0.2) is 0 Å². The van der Waals surface area contributed by atoms with E-state index in [1.807, 2.05) is 50.5 Å². The average Bonchev–Trinajstić information content (AvgIpc) is 2.85. The number of benzene rings is 1. The lowest BCUT2D eigenvalue weighted by Crippen LogP contribution is -2.43. The first-order valence-electron chi connectivity index (χ1n) is 7.87. The van der Waals surface area contributed by atoms with Gasteiger partial charge >= 0.3 is 6.03 Å². The van der Waals surface area contributed by atoms with Crippen molar-refractivity contribution in [3.05, 3.63) is 47.8 Å². The Morgan fingerprint density at radius 1 is 1.39 bits per heavy atom. The van der Waals surface area contributed by atoms with Gasteiger partial charge in [0.05, 0.1) is 18.8 Å². The van der Waals surface area contributed by atoms with Crippen molar-refractivity contribution < 1.29 is 9.53 Å². The number of fused-ring (bicyclic) bond motifs is 1. The second-order valence-corrected chi connectivity index (χ2v) is 5.88. The minimum atomic E-state index is -0.0620. The highest BCUT2D eigenvalue weighted by Gasteiger charge is 2.23. The topological polar surface area (TPSA) is 59.4 Å². The van der Waals surface area contributed by atoms with Gasteiger partial charge in [-0.1, -0.05) is 18.2 Å². The molecule has 2 heterocycles. The van der Waals surface area contributed by atoms with E-state index in [0.29, 0.717) is 19.6 Å². The van der Waals surface area contributed by atoms with Gasteiger partial charge in [-0.15, -0.1) is 0 Å². The maximum atomic E-state index is 12.4. The molecule has 1 atom stereocenters. The van der Waals surface area contributed by atoms with Gasteiger partial charge in [-0.25, -0.2) is 4.79 Å². The van der Waals surface area contributed by atoms with Crippen LogP contribution in [0.1, 0.15) is 18.2 Å². The Morgan fingerprint density at radius 2 is 2.22 bits per heavy atom. The molecule has 0 saturated carbocycles. The van der Waals surface area contributed by atoms with E-state index in [1.54, 1.807) is 9.58 Å². The second-order valence-electron chi connectivity index (χ2n) is 5.88. The van der Waals surface area contributed by atoms with Crippen molar-refractivity contribution in [2.75, 3.05) is 13.1 Å². The summed E-state index contributed by atoms with van der Waals surface area (Å²) in [5, 5.41) is 7.28. The molecule has 1 aliphatic rings. The zero-order valence-corrected chi connectivity index (χ0v) is 13.5. The predicted molar refractivity (Wildman–Crippen MR) is 87.3 cm³/mol. The van der Waals surface area contributed by atoms with Crippen LogP contribution in [-0.4, -0.2) is 39.9 Å².